The molecule has 392 valence electrons. The fourth-order valence-corrected chi connectivity index (χ4v) is 8.24. The van der Waals surface area contributed by atoms with E-state index in [2.05, 4.69) is 6.58 Å². The van der Waals surface area contributed by atoms with Gasteiger partial charge in [0.15, 0.2) is 37.0 Å². The summed E-state index contributed by atoms with van der Waals surface area (Å²) in [5.41, 5.74) is 0.587. The van der Waals surface area contributed by atoms with Crippen molar-refractivity contribution in [3.05, 3.63) is 228 Å². The Morgan fingerprint density at radius 1 is 0.421 bits per heavy atom. The molecule has 2 heterocycles. The van der Waals surface area contributed by atoms with E-state index in [9.17, 15) is 33.9 Å². The summed E-state index contributed by atoms with van der Waals surface area (Å²) in [6.07, 6.45) is -14.8. The number of carbonyl (C=O) groups excluding carboxylic acids is 6. The highest BCUT2D eigenvalue weighted by Crippen LogP contribution is 2.36. The summed E-state index contributed by atoms with van der Waals surface area (Å²) in [5, 5.41) is 12.2. The Morgan fingerprint density at radius 3 is 1.14 bits per heavy atom. The van der Waals surface area contributed by atoms with E-state index >= 15 is 0 Å². The second-order valence-corrected chi connectivity index (χ2v) is 17.4. The standard InChI is InChI=1S/C59H54O17/c1-2-3-22-35-67-58-51(75-57(66)43-33-20-9-21-34-43)49(73-55(64)41-29-16-7-17-30-41)47(45(71-58)37-69-53(62)39-25-12-5-13-26-39)76-59-50(74-56(65)42-31-18-8-19-32-42)48(72-54(63)40-27-14-6-15-28-40)46(60)44(70-59)36-68-52(61)38-23-10-4-11-24-38/h2,4-21,23-34,44-51,58-60H,1,3,22,35-37H2/t44-,45-,46+,47-,48+,49+,50-,51-,58-,59+/m1/s1. The van der Waals surface area contributed by atoms with Crippen LogP contribution in [-0.4, -0.2) is 122 Å². The monoisotopic (exact) mass is 1030 g/mol. The number of hydrogen-bond donors (Lipinski definition) is 1. The van der Waals surface area contributed by atoms with Crippen molar-refractivity contribution in [1.29, 1.82) is 0 Å². The van der Waals surface area contributed by atoms with Crippen LogP contribution in [0.3, 0.4) is 0 Å². The summed E-state index contributed by atoms with van der Waals surface area (Å²) in [5.74, 6) is -5.35. The van der Waals surface area contributed by atoms with Crippen molar-refractivity contribution in [2.45, 2.75) is 74.3 Å². The maximum absolute atomic E-state index is 14.4. The molecular formula is C59H54O17. The van der Waals surface area contributed by atoms with Crippen molar-refractivity contribution in [3.63, 3.8) is 0 Å². The Bertz CT molecular complexity index is 2850. The van der Waals surface area contributed by atoms with Crippen LogP contribution in [0.15, 0.2) is 195 Å². The van der Waals surface area contributed by atoms with Gasteiger partial charge in [-0.2, -0.15) is 0 Å². The molecule has 0 bridgehead atoms. The molecule has 0 unspecified atom stereocenters. The van der Waals surface area contributed by atoms with E-state index in [0.29, 0.717) is 12.8 Å². The third-order valence-electron chi connectivity index (χ3n) is 12.1. The van der Waals surface area contributed by atoms with Crippen molar-refractivity contribution in [1.82, 2.24) is 0 Å². The van der Waals surface area contributed by atoms with Crippen LogP contribution in [0.5, 0.6) is 0 Å². The number of unbranched alkanes of at least 4 members (excludes halogenated alkanes) is 1. The smallest absolute Gasteiger partial charge is 0.338 e. The highest BCUT2D eigenvalue weighted by Gasteiger charge is 2.57. The molecule has 0 aromatic heterocycles. The Labute approximate surface area is 437 Å². The van der Waals surface area contributed by atoms with E-state index in [1.165, 1.54) is 72.8 Å². The van der Waals surface area contributed by atoms with E-state index in [1.54, 1.807) is 115 Å². The molecule has 0 saturated carbocycles. The number of ether oxygens (including phenoxy) is 10. The Morgan fingerprint density at radius 2 is 0.750 bits per heavy atom. The average Bonchev–Trinajstić information content (AvgIpc) is 3.47. The van der Waals surface area contributed by atoms with E-state index in [0.717, 1.165) is 0 Å². The van der Waals surface area contributed by atoms with Gasteiger partial charge in [0, 0.05) is 0 Å². The first-order valence-electron chi connectivity index (χ1n) is 24.4. The normalized spacial score (nSPS) is 22.9. The van der Waals surface area contributed by atoms with Gasteiger partial charge in [-0.25, -0.2) is 28.8 Å². The van der Waals surface area contributed by atoms with Gasteiger partial charge < -0.3 is 52.5 Å². The predicted octanol–water partition coefficient (Wildman–Crippen LogP) is 7.78. The highest BCUT2D eigenvalue weighted by atomic mass is 16.8. The zero-order valence-corrected chi connectivity index (χ0v) is 40.9. The minimum Gasteiger partial charge on any atom is -0.459 e. The molecular weight excluding hydrogens is 981 g/mol. The molecule has 2 saturated heterocycles. The Kier molecular flexibility index (Phi) is 19.0. The summed E-state index contributed by atoms with van der Waals surface area (Å²) in [7, 11) is 0. The van der Waals surface area contributed by atoms with Crippen molar-refractivity contribution in [2.24, 2.45) is 0 Å². The lowest BCUT2D eigenvalue weighted by Gasteiger charge is -2.48. The van der Waals surface area contributed by atoms with Crippen LogP contribution in [0.2, 0.25) is 0 Å². The molecule has 2 aliphatic rings. The third kappa shape index (κ3) is 14.1. The van der Waals surface area contributed by atoms with Crippen molar-refractivity contribution in [2.75, 3.05) is 19.8 Å². The first kappa shape index (κ1) is 54.0. The molecule has 0 spiro atoms. The largest absolute Gasteiger partial charge is 0.459 e. The van der Waals surface area contributed by atoms with Crippen LogP contribution >= 0.6 is 0 Å². The lowest BCUT2D eigenvalue weighted by molar-refractivity contribution is -0.356. The first-order valence-corrected chi connectivity index (χ1v) is 24.4. The number of carbonyl (C=O) groups is 6. The SMILES string of the molecule is C=CCCCO[C@@H]1O[C@H](COC(=O)c2ccccc2)[C@@H](O[C@@H]2O[C@H](COC(=O)c3ccccc3)[C@H](O)[C@H](OC(=O)c3ccccc3)[C@H]2OC(=O)c2ccccc2)[C@H](OC(=O)c2ccccc2)[C@H]1OC(=O)c1ccccc1. The number of rotatable bonds is 21. The van der Waals surface area contributed by atoms with Gasteiger partial charge in [0.1, 0.15) is 37.6 Å². The fourth-order valence-electron chi connectivity index (χ4n) is 8.24. The minimum absolute atomic E-state index is 0.0104. The number of benzene rings is 6. The third-order valence-corrected chi connectivity index (χ3v) is 12.1. The van der Waals surface area contributed by atoms with Gasteiger partial charge in [0.05, 0.1) is 40.0 Å². The first-order chi connectivity index (χ1) is 37.1. The van der Waals surface area contributed by atoms with Crippen molar-refractivity contribution >= 4 is 35.8 Å². The fraction of sp³-hybridized carbons (Fsp3) is 0.254. The molecule has 0 radical (unpaired) electrons. The van der Waals surface area contributed by atoms with Crippen LogP contribution in [0.4, 0.5) is 0 Å². The van der Waals surface area contributed by atoms with E-state index in [4.69, 9.17) is 47.4 Å². The molecule has 0 amide bonds. The van der Waals surface area contributed by atoms with E-state index in [-0.39, 0.29) is 40.0 Å². The summed E-state index contributed by atoms with van der Waals surface area (Å²) in [6.45, 7) is 2.47. The average molecular weight is 1040 g/mol. The van der Waals surface area contributed by atoms with Gasteiger partial charge in [-0.3, -0.25) is 0 Å². The summed E-state index contributed by atoms with van der Waals surface area (Å²) in [6, 6.07) is 47.4. The van der Waals surface area contributed by atoms with Crippen LogP contribution in [0.25, 0.3) is 0 Å². The highest BCUT2D eigenvalue weighted by molar-refractivity contribution is 5.92. The number of allylic oxidation sites excluding steroid dienone is 1. The number of hydrogen-bond acceptors (Lipinski definition) is 17. The minimum atomic E-state index is -1.97. The molecule has 1 N–H and O–H groups in total. The van der Waals surface area contributed by atoms with Gasteiger partial charge in [0.25, 0.3) is 0 Å². The van der Waals surface area contributed by atoms with Gasteiger partial charge in [-0.05, 0) is 85.6 Å². The topological polar surface area (TPSA) is 215 Å². The van der Waals surface area contributed by atoms with E-state index in [1.807, 2.05) is 0 Å². The Balaban J connectivity index is 1.25. The number of esters is 6. The van der Waals surface area contributed by atoms with Crippen LogP contribution < -0.4 is 0 Å². The second kappa shape index (κ2) is 26.8. The molecule has 6 aromatic rings. The number of aliphatic hydroxyl groups excluding tert-OH is 1. The lowest BCUT2D eigenvalue weighted by atomic mass is 9.95. The Hall–Kier alpha value is -8.32. The molecule has 10 atom stereocenters. The van der Waals surface area contributed by atoms with Gasteiger partial charge in [0.2, 0.25) is 0 Å². The van der Waals surface area contributed by atoms with Gasteiger partial charge in [-0.1, -0.05) is 115 Å². The lowest BCUT2D eigenvalue weighted by Crippen LogP contribution is -2.67. The zero-order valence-electron chi connectivity index (χ0n) is 40.9. The molecule has 76 heavy (non-hydrogen) atoms. The predicted molar refractivity (Wildman–Crippen MR) is 270 cm³/mol. The van der Waals surface area contributed by atoms with Gasteiger partial charge >= 0.3 is 35.8 Å². The molecule has 6 aromatic carbocycles. The second-order valence-electron chi connectivity index (χ2n) is 17.4. The van der Waals surface area contributed by atoms with Crippen molar-refractivity contribution in [3.8, 4) is 0 Å². The molecule has 17 heteroatoms. The quantitative estimate of drug-likeness (QED) is 0.0315. The molecule has 8 rings (SSSR count). The van der Waals surface area contributed by atoms with Crippen LogP contribution in [-0.2, 0) is 47.4 Å². The van der Waals surface area contributed by atoms with Crippen LogP contribution in [0, 0.1) is 0 Å². The summed E-state index contributed by atoms with van der Waals surface area (Å²) < 4.78 is 62.5. The number of aliphatic hydroxyl groups is 1. The molecule has 2 aliphatic heterocycles. The molecule has 2 fully saturated rings. The van der Waals surface area contributed by atoms with Crippen molar-refractivity contribution < 1.29 is 81.2 Å². The van der Waals surface area contributed by atoms with Crippen LogP contribution in [0.1, 0.15) is 75.0 Å². The molecule has 0 aliphatic carbocycles. The maximum Gasteiger partial charge on any atom is 0.338 e. The van der Waals surface area contributed by atoms with Gasteiger partial charge in [-0.15, -0.1) is 6.58 Å². The summed E-state index contributed by atoms with van der Waals surface area (Å²) >= 11 is 0. The maximum atomic E-state index is 14.4. The van der Waals surface area contributed by atoms with E-state index < -0.39 is 110 Å². The molecule has 17 nitrogen and oxygen atoms in total. The zero-order chi connectivity index (χ0) is 53.2. The summed E-state index contributed by atoms with van der Waals surface area (Å²) in [4.78, 5) is 83.9.